The van der Waals surface area contributed by atoms with Crippen LogP contribution in [-0.2, 0) is 19.1 Å². The number of hydrogen-bond donors (Lipinski definition) is 0. The molecule has 0 N–H and O–H groups in total. The molecule has 5 heteroatoms. The van der Waals surface area contributed by atoms with Crippen LogP contribution in [0.4, 0.5) is 0 Å². The van der Waals surface area contributed by atoms with Crippen molar-refractivity contribution in [1.29, 1.82) is 0 Å². The number of allylic oxidation sites excluding steroid dienone is 2. The van der Waals surface area contributed by atoms with Crippen LogP contribution in [-0.4, -0.2) is 31.9 Å². The molecule has 0 aromatic heterocycles. The Morgan fingerprint density at radius 2 is 1.03 bits per heavy atom. The second-order valence-corrected chi connectivity index (χ2v) is 12.7. The molecule has 0 bridgehead atoms. The zero-order chi connectivity index (χ0) is 24.8. The molecule has 3 aromatic carbocycles. The van der Waals surface area contributed by atoms with Gasteiger partial charge in [0, 0.05) is 0 Å². The van der Waals surface area contributed by atoms with E-state index in [0.717, 1.165) is 12.6 Å². The number of Topliss-reactive ketones (excluding diaryl/α,β-unsaturated/α-hetero) is 2. The van der Waals surface area contributed by atoms with Gasteiger partial charge in [-0.3, -0.25) is 0 Å². The third-order valence-corrected chi connectivity index (χ3v) is 11.9. The monoisotopic (exact) mass is 486 g/mol. The van der Waals surface area contributed by atoms with Crippen LogP contribution in [0.15, 0.2) is 114 Å². The van der Waals surface area contributed by atoms with Crippen LogP contribution in [0.25, 0.3) is 0 Å². The predicted octanol–water partition coefficient (Wildman–Crippen LogP) is 4.47. The van der Waals surface area contributed by atoms with Crippen molar-refractivity contribution in [1.82, 2.24) is 0 Å². The molecular weight excluding hydrogens is 455 g/mol. The first-order valence-corrected chi connectivity index (χ1v) is 14.0. The summed E-state index contributed by atoms with van der Waals surface area (Å²) in [7, 11) is 0.383. The van der Waals surface area contributed by atoms with Crippen molar-refractivity contribution >= 4 is 34.7 Å². The summed E-state index contributed by atoms with van der Waals surface area (Å²) in [6.07, 6.45) is 2.16. The van der Waals surface area contributed by atoms with Crippen molar-refractivity contribution in [3.8, 4) is 0 Å². The third kappa shape index (κ3) is 4.59. The number of rotatable bonds is 9. The molecule has 0 spiro atoms. The number of hydrogen-bond acceptors (Lipinski definition) is 4. The van der Waals surface area contributed by atoms with Gasteiger partial charge in [0.1, 0.15) is 0 Å². The van der Waals surface area contributed by atoms with E-state index in [9.17, 15) is 9.59 Å². The van der Waals surface area contributed by atoms with E-state index in [1.165, 1.54) is 30.1 Å². The summed E-state index contributed by atoms with van der Waals surface area (Å²) in [5.41, 5.74) is 0.962. The van der Waals surface area contributed by atoms with Crippen LogP contribution in [0.3, 0.4) is 0 Å². The van der Waals surface area contributed by atoms with Crippen molar-refractivity contribution in [3.63, 3.8) is 0 Å². The number of carbonyl (C=O) groups excluding carboxylic acids is 2. The molecule has 0 heterocycles. The molecule has 1 aliphatic carbocycles. The van der Waals surface area contributed by atoms with Gasteiger partial charge in [0.25, 0.3) is 0 Å². The van der Waals surface area contributed by atoms with Crippen LogP contribution in [0.2, 0.25) is 0 Å². The fourth-order valence-electron chi connectivity index (χ4n) is 5.12. The Hall–Kier alpha value is -3.49. The summed E-state index contributed by atoms with van der Waals surface area (Å²) in [6.45, 7) is 1.71. The quantitative estimate of drug-likeness (QED) is 0.331. The van der Waals surface area contributed by atoms with Gasteiger partial charge in [0.05, 0.1) is 0 Å². The summed E-state index contributed by atoms with van der Waals surface area (Å²) >= 11 is 0. The third-order valence-electron chi connectivity index (χ3n) is 6.87. The summed E-state index contributed by atoms with van der Waals surface area (Å²) < 4.78 is 10.5. The van der Waals surface area contributed by atoms with Crippen LogP contribution in [0.1, 0.15) is 19.8 Å². The number of ketones is 2. The number of methoxy groups -OCH3 is 2. The molecule has 0 amide bonds. The molecule has 0 unspecified atom stereocenters. The minimum atomic E-state index is -2.40. The van der Waals surface area contributed by atoms with Gasteiger partial charge in [0.2, 0.25) is 0 Å². The van der Waals surface area contributed by atoms with E-state index in [-0.39, 0.29) is 23.1 Å². The first-order chi connectivity index (χ1) is 17.0. The molecule has 4 rings (SSSR count). The number of benzene rings is 3. The summed E-state index contributed by atoms with van der Waals surface area (Å²) in [4.78, 5) is 26.0. The average molecular weight is 487 g/mol. The van der Waals surface area contributed by atoms with Gasteiger partial charge in [-0.2, -0.15) is 0 Å². The topological polar surface area (TPSA) is 52.6 Å². The molecule has 0 aliphatic heterocycles. The molecular formula is C30H31O4P. The van der Waals surface area contributed by atoms with Crippen LogP contribution < -0.4 is 15.9 Å². The molecule has 4 nitrogen and oxygen atoms in total. The minimum absolute atomic E-state index is 0.00390. The van der Waals surface area contributed by atoms with Crippen LogP contribution >= 0.6 is 7.26 Å². The normalized spacial score (nSPS) is 14.8. The molecule has 0 fully saturated rings. The summed E-state index contributed by atoms with van der Waals surface area (Å²) in [6, 6.07) is 32.1. The van der Waals surface area contributed by atoms with E-state index in [1.54, 1.807) is 6.92 Å². The maximum atomic E-state index is 13.2. The Balaban J connectivity index is 1.74. The molecule has 0 radical (unpaired) electrons. The number of carbonyl (C=O) groups is 2. The molecule has 0 saturated carbocycles. The predicted molar refractivity (Wildman–Crippen MR) is 144 cm³/mol. The molecule has 180 valence electrons. The van der Waals surface area contributed by atoms with Crippen molar-refractivity contribution in [2.45, 2.75) is 19.8 Å². The van der Waals surface area contributed by atoms with Gasteiger partial charge < -0.3 is 0 Å². The second-order valence-electron chi connectivity index (χ2n) is 8.69. The zero-order valence-corrected chi connectivity index (χ0v) is 21.4. The van der Waals surface area contributed by atoms with E-state index in [0.29, 0.717) is 17.6 Å². The Kier molecular flexibility index (Phi) is 7.63. The molecule has 35 heavy (non-hydrogen) atoms. The van der Waals surface area contributed by atoms with Gasteiger partial charge in [-0.15, -0.1) is 0 Å². The zero-order valence-electron chi connectivity index (χ0n) is 20.4. The van der Waals surface area contributed by atoms with Gasteiger partial charge >= 0.3 is 208 Å². The Bertz CT molecular complexity index is 1160. The summed E-state index contributed by atoms with van der Waals surface area (Å²) in [5.74, 6) is -0.555. The van der Waals surface area contributed by atoms with Crippen LogP contribution in [0.5, 0.6) is 0 Å². The molecule has 0 atom stereocenters. The van der Waals surface area contributed by atoms with Gasteiger partial charge in [-0.1, -0.05) is 0 Å². The van der Waals surface area contributed by atoms with E-state index < -0.39 is 7.26 Å². The molecule has 1 aliphatic rings. The fourth-order valence-corrected chi connectivity index (χ4v) is 9.98. The van der Waals surface area contributed by atoms with Crippen LogP contribution in [0, 0.1) is 0 Å². The Morgan fingerprint density at radius 1 is 0.629 bits per heavy atom. The van der Waals surface area contributed by atoms with Gasteiger partial charge in [-0.25, -0.2) is 0 Å². The van der Waals surface area contributed by atoms with Gasteiger partial charge in [0.15, 0.2) is 0 Å². The molecule has 3 aromatic rings. The van der Waals surface area contributed by atoms with Crippen molar-refractivity contribution < 1.29 is 19.1 Å². The standard InChI is InChI=1S/C30H31O4P/c1-22-26(28(32)30(34-3)29(33-2)27(22)31)20-13-21-35(23-14-7-4-8-15-23,24-16-9-5-10-17-24)25-18-11-6-12-19-25/h4-12,14-19,35H,13,20-21H2,1-3H3. The maximum absolute atomic E-state index is 13.2. The number of ether oxygens (including phenoxy) is 2. The van der Waals surface area contributed by atoms with Crippen molar-refractivity contribution in [2.24, 2.45) is 0 Å². The van der Waals surface area contributed by atoms with E-state index in [2.05, 4.69) is 72.8 Å². The van der Waals surface area contributed by atoms with E-state index >= 15 is 0 Å². The molecule has 0 saturated heterocycles. The SMILES string of the molecule is COC1=C(OC)C(=O)C(CCC[PH](c2ccccc2)(c2ccccc2)c2ccccc2)=C(C)C1=O. The first-order valence-electron chi connectivity index (χ1n) is 11.8. The Morgan fingerprint density at radius 3 is 1.43 bits per heavy atom. The fraction of sp³-hybridized carbons (Fsp3) is 0.200. The second kappa shape index (κ2) is 10.8. The average Bonchev–Trinajstić information content (AvgIpc) is 2.92. The van der Waals surface area contributed by atoms with Crippen molar-refractivity contribution in [2.75, 3.05) is 20.4 Å². The van der Waals surface area contributed by atoms with Crippen molar-refractivity contribution in [3.05, 3.63) is 114 Å². The Labute approximate surface area is 207 Å². The summed E-state index contributed by atoms with van der Waals surface area (Å²) in [5, 5.41) is 3.98. The van der Waals surface area contributed by atoms with Gasteiger partial charge in [-0.05, 0) is 0 Å². The van der Waals surface area contributed by atoms with E-state index in [4.69, 9.17) is 9.47 Å². The first kappa shape index (κ1) is 24.6. The van der Waals surface area contributed by atoms with E-state index in [1.807, 2.05) is 18.2 Å².